The molecule has 0 aliphatic rings. The van der Waals surface area contributed by atoms with Crippen molar-refractivity contribution in [3.05, 3.63) is 24.0 Å². The molecule has 0 aromatic carbocycles. The summed E-state index contributed by atoms with van der Waals surface area (Å²) in [6.45, 7) is 2.09. The standard InChI is InChI=1S/C10H17N3/c1-8(11-2)10-6-5-9(7-12-10)13(3)4/h5-8,11H,1-4H3. The molecule has 0 aliphatic carbocycles. The van der Waals surface area contributed by atoms with Crippen molar-refractivity contribution in [1.82, 2.24) is 10.3 Å². The van der Waals surface area contributed by atoms with Crippen LogP contribution in [0.5, 0.6) is 0 Å². The van der Waals surface area contributed by atoms with E-state index in [2.05, 4.69) is 29.4 Å². The third-order valence-electron chi connectivity index (χ3n) is 2.16. The lowest BCUT2D eigenvalue weighted by molar-refractivity contribution is 0.633. The molecule has 1 heterocycles. The highest BCUT2D eigenvalue weighted by Crippen LogP contribution is 2.13. The van der Waals surface area contributed by atoms with Gasteiger partial charge in [-0.15, -0.1) is 0 Å². The summed E-state index contributed by atoms with van der Waals surface area (Å²) in [6, 6.07) is 4.45. The first-order valence-electron chi connectivity index (χ1n) is 4.45. The van der Waals surface area contributed by atoms with Crippen LogP contribution >= 0.6 is 0 Å². The largest absolute Gasteiger partial charge is 0.376 e. The van der Waals surface area contributed by atoms with E-state index in [4.69, 9.17) is 0 Å². The number of aromatic nitrogens is 1. The minimum absolute atomic E-state index is 0.316. The van der Waals surface area contributed by atoms with Crippen LogP contribution in [0.4, 0.5) is 5.69 Å². The van der Waals surface area contributed by atoms with Gasteiger partial charge in [-0.05, 0) is 26.1 Å². The van der Waals surface area contributed by atoms with E-state index in [-0.39, 0.29) is 0 Å². The first-order chi connectivity index (χ1) is 6.15. The molecule has 1 aromatic rings. The zero-order valence-corrected chi connectivity index (χ0v) is 8.70. The van der Waals surface area contributed by atoms with E-state index in [0.29, 0.717) is 6.04 Å². The Kier molecular flexibility index (Phi) is 3.25. The van der Waals surface area contributed by atoms with Gasteiger partial charge in [0.15, 0.2) is 0 Å². The van der Waals surface area contributed by atoms with Gasteiger partial charge in [0, 0.05) is 20.1 Å². The molecule has 13 heavy (non-hydrogen) atoms. The average Bonchev–Trinajstić information content (AvgIpc) is 2.17. The maximum Gasteiger partial charge on any atom is 0.0571 e. The van der Waals surface area contributed by atoms with E-state index in [9.17, 15) is 0 Å². The van der Waals surface area contributed by atoms with Crippen LogP contribution in [0.2, 0.25) is 0 Å². The van der Waals surface area contributed by atoms with E-state index in [1.165, 1.54) is 0 Å². The molecule has 0 aliphatic heterocycles. The van der Waals surface area contributed by atoms with Crippen molar-refractivity contribution in [2.75, 3.05) is 26.0 Å². The van der Waals surface area contributed by atoms with Gasteiger partial charge in [0.05, 0.1) is 17.6 Å². The number of nitrogens with zero attached hydrogens (tertiary/aromatic N) is 2. The average molecular weight is 179 g/mol. The smallest absolute Gasteiger partial charge is 0.0571 e. The number of anilines is 1. The summed E-state index contributed by atoms with van der Waals surface area (Å²) in [6.07, 6.45) is 1.89. The Balaban J connectivity index is 2.81. The van der Waals surface area contributed by atoms with Crippen LogP contribution in [0.1, 0.15) is 18.7 Å². The third-order valence-corrected chi connectivity index (χ3v) is 2.16. The highest BCUT2D eigenvalue weighted by Gasteiger charge is 2.03. The quantitative estimate of drug-likeness (QED) is 0.760. The number of hydrogen-bond donors (Lipinski definition) is 1. The molecular weight excluding hydrogens is 162 g/mol. The Hall–Kier alpha value is -1.09. The predicted octanol–water partition coefficient (Wildman–Crippen LogP) is 1.43. The van der Waals surface area contributed by atoms with E-state index >= 15 is 0 Å². The number of pyridine rings is 1. The van der Waals surface area contributed by atoms with E-state index in [1.807, 2.05) is 32.2 Å². The fourth-order valence-electron chi connectivity index (χ4n) is 1.07. The van der Waals surface area contributed by atoms with Crippen molar-refractivity contribution >= 4 is 5.69 Å². The number of hydrogen-bond acceptors (Lipinski definition) is 3. The van der Waals surface area contributed by atoms with Crippen LogP contribution in [0.25, 0.3) is 0 Å². The molecule has 1 aromatic heterocycles. The molecule has 0 radical (unpaired) electrons. The second kappa shape index (κ2) is 4.23. The molecule has 3 nitrogen and oxygen atoms in total. The third kappa shape index (κ3) is 2.42. The summed E-state index contributed by atoms with van der Waals surface area (Å²) in [5.74, 6) is 0. The first kappa shape index (κ1) is 9.99. The monoisotopic (exact) mass is 179 g/mol. The molecule has 1 N–H and O–H groups in total. The predicted molar refractivity (Wildman–Crippen MR) is 56.0 cm³/mol. The normalized spacial score (nSPS) is 12.6. The van der Waals surface area contributed by atoms with Crippen molar-refractivity contribution < 1.29 is 0 Å². The summed E-state index contributed by atoms with van der Waals surface area (Å²) in [4.78, 5) is 6.41. The summed E-state index contributed by atoms with van der Waals surface area (Å²) in [7, 11) is 5.96. The van der Waals surface area contributed by atoms with Crippen molar-refractivity contribution in [3.63, 3.8) is 0 Å². The zero-order valence-electron chi connectivity index (χ0n) is 8.70. The van der Waals surface area contributed by atoms with Crippen LogP contribution < -0.4 is 10.2 Å². The Morgan fingerprint density at radius 3 is 2.46 bits per heavy atom. The summed E-state index contributed by atoms with van der Waals surface area (Å²) < 4.78 is 0. The SMILES string of the molecule is CNC(C)c1ccc(N(C)C)cn1. The van der Waals surface area contributed by atoms with Gasteiger partial charge < -0.3 is 10.2 Å². The molecule has 1 unspecified atom stereocenters. The second-order valence-electron chi connectivity index (χ2n) is 3.35. The molecule has 3 heteroatoms. The maximum absolute atomic E-state index is 4.37. The molecule has 0 fully saturated rings. The van der Waals surface area contributed by atoms with Gasteiger partial charge in [-0.2, -0.15) is 0 Å². The molecule has 0 saturated carbocycles. The van der Waals surface area contributed by atoms with E-state index in [1.54, 1.807) is 0 Å². The van der Waals surface area contributed by atoms with Crippen molar-refractivity contribution in [3.8, 4) is 0 Å². The lowest BCUT2D eigenvalue weighted by Gasteiger charge is -2.14. The van der Waals surface area contributed by atoms with Crippen LogP contribution in [0.3, 0.4) is 0 Å². The first-order valence-corrected chi connectivity index (χ1v) is 4.45. The van der Waals surface area contributed by atoms with Gasteiger partial charge in [0.1, 0.15) is 0 Å². The van der Waals surface area contributed by atoms with E-state index < -0.39 is 0 Å². The van der Waals surface area contributed by atoms with Gasteiger partial charge >= 0.3 is 0 Å². The topological polar surface area (TPSA) is 28.2 Å². The fraction of sp³-hybridized carbons (Fsp3) is 0.500. The van der Waals surface area contributed by atoms with Gasteiger partial charge in [-0.3, -0.25) is 4.98 Å². The van der Waals surface area contributed by atoms with Crippen LogP contribution in [0.15, 0.2) is 18.3 Å². The molecule has 1 atom stereocenters. The Morgan fingerprint density at radius 1 is 1.38 bits per heavy atom. The Bertz CT molecular complexity index is 253. The van der Waals surface area contributed by atoms with Crippen LogP contribution in [-0.2, 0) is 0 Å². The van der Waals surface area contributed by atoms with Gasteiger partial charge in [0.2, 0.25) is 0 Å². The highest BCUT2D eigenvalue weighted by molar-refractivity contribution is 5.42. The zero-order chi connectivity index (χ0) is 9.84. The summed E-state index contributed by atoms with van der Waals surface area (Å²) in [5, 5.41) is 3.15. The molecule has 0 amide bonds. The summed E-state index contributed by atoms with van der Waals surface area (Å²) in [5.41, 5.74) is 2.21. The number of nitrogens with one attached hydrogen (secondary N) is 1. The molecular formula is C10H17N3. The van der Waals surface area contributed by atoms with Crippen molar-refractivity contribution in [1.29, 1.82) is 0 Å². The molecule has 0 bridgehead atoms. The maximum atomic E-state index is 4.37. The second-order valence-corrected chi connectivity index (χ2v) is 3.35. The summed E-state index contributed by atoms with van der Waals surface area (Å²) >= 11 is 0. The van der Waals surface area contributed by atoms with Gasteiger partial charge in [0.25, 0.3) is 0 Å². The fourth-order valence-corrected chi connectivity index (χ4v) is 1.07. The minimum atomic E-state index is 0.316. The Morgan fingerprint density at radius 2 is 2.08 bits per heavy atom. The lowest BCUT2D eigenvalue weighted by atomic mass is 10.2. The Labute approximate surface area is 79.8 Å². The van der Waals surface area contributed by atoms with Crippen LogP contribution in [-0.4, -0.2) is 26.1 Å². The molecule has 1 rings (SSSR count). The van der Waals surface area contributed by atoms with Gasteiger partial charge in [-0.1, -0.05) is 0 Å². The molecule has 0 saturated heterocycles. The number of rotatable bonds is 3. The van der Waals surface area contributed by atoms with Crippen molar-refractivity contribution in [2.24, 2.45) is 0 Å². The van der Waals surface area contributed by atoms with Gasteiger partial charge in [-0.25, -0.2) is 0 Å². The highest BCUT2D eigenvalue weighted by atomic mass is 15.1. The molecule has 0 spiro atoms. The van der Waals surface area contributed by atoms with Crippen LogP contribution in [0, 0.1) is 0 Å². The minimum Gasteiger partial charge on any atom is -0.376 e. The van der Waals surface area contributed by atoms with Crippen molar-refractivity contribution in [2.45, 2.75) is 13.0 Å². The molecule has 72 valence electrons. The van der Waals surface area contributed by atoms with E-state index in [0.717, 1.165) is 11.4 Å². The lowest BCUT2D eigenvalue weighted by Crippen LogP contribution is -2.14.